The van der Waals surface area contributed by atoms with Gasteiger partial charge in [-0.25, -0.2) is 4.98 Å². The number of rotatable bonds is 5. The van der Waals surface area contributed by atoms with Crippen molar-refractivity contribution in [3.8, 4) is 10.6 Å². The molecular formula is C17H15N3OS. The molecule has 0 saturated heterocycles. The van der Waals surface area contributed by atoms with E-state index >= 15 is 0 Å². The van der Waals surface area contributed by atoms with E-state index in [0.29, 0.717) is 6.61 Å². The molecule has 0 saturated carbocycles. The predicted octanol–water partition coefficient (Wildman–Crippen LogP) is 4.15. The lowest BCUT2D eigenvalue weighted by Crippen LogP contribution is -1.97. The van der Waals surface area contributed by atoms with Crippen molar-refractivity contribution in [3.63, 3.8) is 0 Å². The summed E-state index contributed by atoms with van der Waals surface area (Å²) in [6.45, 7) is 2.30. The van der Waals surface area contributed by atoms with E-state index in [1.54, 1.807) is 23.7 Å². The Balaban J connectivity index is 1.66. The number of aromatic nitrogens is 2. The van der Waals surface area contributed by atoms with Crippen LogP contribution in [0.5, 0.6) is 0 Å². The fraction of sp³-hybridized carbons (Fsp3) is 0.118. The van der Waals surface area contributed by atoms with E-state index in [2.05, 4.69) is 15.1 Å². The maximum Gasteiger partial charge on any atom is 0.143 e. The van der Waals surface area contributed by atoms with Crippen LogP contribution in [0.25, 0.3) is 10.6 Å². The quantitative estimate of drug-likeness (QED) is 0.525. The Bertz CT molecular complexity index is 754. The summed E-state index contributed by atoms with van der Waals surface area (Å²) in [7, 11) is 0. The molecule has 0 unspecified atom stereocenters. The lowest BCUT2D eigenvalue weighted by atomic mass is 10.2. The highest BCUT2D eigenvalue weighted by Gasteiger charge is 2.07. The minimum absolute atomic E-state index is 0.404. The first-order valence-corrected chi connectivity index (χ1v) is 7.77. The SMILES string of the molecule is C/C(=N\OCc1cccnc1)c1csc(-c2ccccc2)n1. The molecule has 2 heterocycles. The van der Waals surface area contributed by atoms with Gasteiger partial charge in [-0.3, -0.25) is 4.98 Å². The molecule has 1 aromatic carbocycles. The summed E-state index contributed by atoms with van der Waals surface area (Å²) in [5.41, 5.74) is 3.71. The maximum atomic E-state index is 5.36. The van der Waals surface area contributed by atoms with Crippen LogP contribution in [0.2, 0.25) is 0 Å². The number of thiazole rings is 1. The fourth-order valence-electron chi connectivity index (χ4n) is 1.89. The summed E-state index contributed by atoms with van der Waals surface area (Å²) in [6, 6.07) is 13.9. The highest BCUT2D eigenvalue weighted by molar-refractivity contribution is 7.13. The molecule has 0 N–H and O–H groups in total. The van der Waals surface area contributed by atoms with Gasteiger partial charge in [-0.2, -0.15) is 0 Å². The van der Waals surface area contributed by atoms with Gasteiger partial charge < -0.3 is 4.84 Å². The second kappa shape index (κ2) is 6.95. The Labute approximate surface area is 133 Å². The first-order chi connectivity index (χ1) is 10.8. The van der Waals surface area contributed by atoms with Crippen LogP contribution in [0.15, 0.2) is 65.4 Å². The monoisotopic (exact) mass is 309 g/mol. The topological polar surface area (TPSA) is 47.4 Å². The molecular weight excluding hydrogens is 294 g/mol. The summed E-state index contributed by atoms with van der Waals surface area (Å²) < 4.78 is 0. The van der Waals surface area contributed by atoms with Crippen LogP contribution < -0.4 is 0 Å². The molecule has 3 rings (SSSR count). The van der Waals surface area contributed by atoms with Gasteiger partial charge >= 0.3 is 0 Å². The van der Waals surface area contributed by atoms with Gasteiger partial charge in [0.25, 0.3) is 0 Å². The van der Waals surface area contributed by atoms with Crippen molar-refractivity contribution in [1.82, 2.24) is 9.97 Å². The first kappa shape index (κ1) is 14.4. The molecule has 0 aliphatic heterocycles. The maximum absolute atomic E-state index is 5.36. The van der Waals surface area contributed by atoms with Crippen LogP contribution in [-0.4, -0.2) is 15.7 Å². The molecule has 2 aromatic heterocycles. The van der Waals surface area contributed by atoms with Crippen LogP contribution in [0.3, 0.4) is 0 Å². The summed E-state index contributed by atoms with van der Waals surface area (Å²) in [6.07, 6.45) is 3.50. The smallest absolute Gasteiger partial charge is 0.143 e. The molecule has 0 bridgehead atoms. The van der Waals surface area contributed by atoms with E-state index in [1.165, 1.54) is 0 Å². The molecule has 5 heteroatoms. The van der Waals surface area contributed by atoms with Gasteiger partial charge in [0, 0.05) is 28.9 Å². The molecule has 4 nitrogen and oxygen atoms in total. The fourth-order valence-corrected chi connectivity index (χ4v) is 2.76. The molecule has 0 amide bonds. The minimum Gasteiger partial charge on any atom is -0.391 e. The zero-order valence-corrected chi connectivity index (χ0v) is 13.0. The van der Waals surface area contributed by atoms with E-state index in [0.717, 1.165) is 27.5 Å². The van der Waals surface area contributed by atoms with Crippen molar-refractivity contribution in [1.29, 1.82) is 0 Å². The largest absolute Gasteiger partial charge is 0.391 e. The van der Waals surface area contributed by atoms with E-state index in [9.17, 15) is 0 Å². The highest BCUT2D eigenvalue weighted by Crippen LogP contribution is 2.23. The van der Waals surface area contributed by atoms with Gasteiger partial charge in [0.05, 0.1) is 5.69 Å². The first-order valence-electron chi connectivity index (χ1n) is 6.90. The Hall–Kier alpha value is -2.53. The lowest BCUT2D eigenvalue weighted by Gasteiger charge is -2.00. The Morgan fingerprint density at radius 1 is 1.18 bits per heavy atom. The van der Waals surface area contributed by atoms with Crippen LogP contribution in [0, 0.1) is 0 Å². The third-order valence-corrected chi connectivity index (χ3v) is 3.94. The molecule has 110 valence electrons. The standard InChI is InChI=1S/C17H15N3OS/c1-13(20-21-11-14-6-5-9-18-10-14)16-12-22-17(19-16)15-7-3-2-4-8-15/h2-10,12H,11H2,1H3/b20-13+. The van der Waals surface area contributed by atoms with E-state index in [4.69, 9.17) is 4.84 Å². The van der Waals surface area contributed by atoms with Crippen molar-refractivity contribution in [2.45, 2.75) is 13.5 Å². The zero-order valence-electron chi connectivity index (χ0n) is 12.1. The number of benzene rings is 1. The number of hydrogen-bond donors (Lipinski definition) is 0. The predicted molar refractivity (Wildman–Crippen MR) is 88.8 cm³/mol. The Morgan fingerprint density at radius 3 is 2.82 bits per heavy atom. The molecule has 0 fully saturated rings. The van der Waals surface area contributed by atoms with E-state index < -0.39 is 0 Å². The second-order valence-electron chi connectivity index (χ2n) is 4.72. The van der Waals surface area contributed by atoms with Gasteiger partial charge in [0.15, 0.2) is 0 Å². The molecule has 0 atom stereocenters. The van der Waals surface area contributed by atoms with Crippen LogP contribution in [-0.2, 0) is 11.4 Å². The minimum atomic E-state index is 0.404. The van der Waals surface area contributed by atoms with Crippen LogP contribution >= 0.6 is 11.3 Å². The molecule has 0 radical (unpaired) electrons. The van der Waals surface area contributed by atoms with Crippen molar-refractivity contribution in [3.05, 3.63) is 71.5 Å². The summed E-state index contributed by atoms with van der Waals surface area (Å²) in [5, 5.41) is 7.11. The van der Waals surface area contributed by atoms with Crippen molar-refractivity contribution >= 4 is 17.0 Å². The molecule has 0 aliphatic carbocycles. The normalized spacial score (nSPS) is 11.4. The van der Waals surface area contributed by atoms with Crippen LogP contribution in [0.4, 0.5) is 0 Å². The van der Waals surface area contributed by atoms with Gasteiger partial charge in [-0.05, 0) is 13.0 Å². The van der Waals surface area contributed by atoms with E-state index in [1.807, 2.05) is 54.8 Å². The average molecular weight is 309 g/mol. The van der Waals surface area contributed by atoms with Gasteiger partial charge in [0.1, 0.15) is 17.3 Å². The second-order valence-corrected chi connectivity index (χ2v) is 5.57. The number of pyridine rings is 1. The molecule has 0 spiro atoms. The van der Waals surface area contributed by atoms with Crippen molar-refractivity contribution in [2.75, 3.05) is 0 Å². The summed E-state index contributed by atoms with van der Waals surface area (Å²) in [5.74, 6) is 0. The summed E-state index contributed by atoms with van der Waals surface area (Å²) >= 11 is 1.60. The Morgan fingerprint density at radius 2 is 2.05 bits per heavy atom. The highest BCUT2D eigenvalue weighted by atomic mass is 32.1. The zero-order chi connectivity index (χ0) is 15.2. The lowest BCUT2D eigenvalue weighted by molar-refractivity contribution is 0.130. The number of nitrogens with zero attached hydrogens (tertiary/aromatic N) is 3. The average Bonchev–Trinajstić information content (AvgIpc) is 3.07. The third kappa shape index (κ3) is 3.56. The Kier molecular flexibility index (Phi) is 4.56. The van der Waals surface area contributed by atoms with Crippen molar-refractivity contribution < 1.29 is 4.84 Å². The summed E-state index contributed by atoms with van der Waals surface area (Å²) in [4.78, 5) is 14.0. The van der Waals surface area contributed by atoms with Gasteiger partial charge in [-0.1, -0.05) is 41.6 Å². The molecule has 22 heavy (non-hydrogen) atoms. The van der Waals surface area contributed by atoms with Crippen LogP contribution in [0.1, 0.15) is 18.2 Å². The third-order valence-electron chi connectivity index (χ3n) is 3.05. The molecule has 3 aromatic rings. The number of hydrogen-bond acceptors (Lipinski definition) is 5. The molecule has 0 aliphatic rings. The van der Waals surface area contributed by atoms with E-state index in [-0.39, 0.29) is 0 Å². The number of oxime groups is 1. The van der Waals surface area contributed by atoms with Crippen molar-refractivity contribution in [2.24, 2.45) is 5.16 Å². The van der Waals surface area contributed by atoms with Gasteiger partial charge in [-0.15, -0.1) is 11.3 Å². The van der Waals surface area contributed by atoms with Gasteiger partial charge in [0.2, 0.25) is 0 Å².